The monoisotopic (exact) mass is 331 g/mol. The molecule has 0 aliphatic heterocycles. The smallest absolute Gasteiger partial charge is 0.276 e. The molecule has 0 aliphatic rings. The Morgan fingerprint density at radius 3 is 2.48 bits per heavy atom. The predicted octanol–water partition coefficient (Wildman–Crippen LogP) is 3.69. The molecule has 0 N–H and O–H groups in total. The first-order chi connectivity index (χ1) is 12.3. The lowest BCUT2D eigenvalue weighted by molar-refractivity contribution is 0.430. The van der Waals surface area contributed by atoms with Gasteiger partial charge in [0.25, 0.3) is 5.89 Å². The Bertz CT molecular complexity index is 984. The number of para-hydroxylation sites is 1. The predicted molar refractivity (Wildman–Crippen MR) is 89.8 cm³/mol. The van der Waals surface area contributed by atoms with Crippen molar-refractivity contribution >= 4 is 0 Å². The third-order valence-corrected chi connectivity index (χ3v) is 3.36. The Morgan fingerprint density at radius 1 is 0.840 bits per heavy atom. The lowest BCUT2D eigenvalue weighted by atomic mass is 10.3. The van der Waals surface area contributed by atoms with Gasteiger partial charge in [-0.25, -0.2) is 15.0 Å². The largest absolute Gasteiger partial charge is 0.456 e. The van der Waals surface area contributed by atoms with E-state index in [0.717, 1.165) is 11.4 Å². The number of aromatic nitrogens is 5. The lowest BCUT2D eigenvalue weighted by Crippen LogP contribution is -1.92. The Hall–Kier alpha value is -3.61. The van der Waals surface area contributed by atoms with Gasteiger partial charge < -0.3 is 9.26 Å². The molecule has 3 aromatic heterocycles. The van der Waals surface area contributed by atoms with Crippen LogP contribution in [0.25, 0.3) is 23.2 Å². The molecule has 0 saturated heterocycles. The molecule has 0 aliphatic carbocycles. The van der Waals surface area contributed by atoms with Crippen LogP contribution in [0.2, 0.25) is 0 Å². The van der Waals surface area contributed by atoms with Crippen molar-refractivity contribution in [3.8, 4) is 34.7 Å². The number of hydrogen-bond acceptors (Lipinski definition) is 7. The standard InChI is InChI=1S/C18H13N5O2/c1-12-9-10-19-16(21-12)17-22-18(25-23-17)15-8-7-14(11-20-15)24-13-5-3-2-4-6-13/h2-11H,1H3. The minimum atomic E-state index is 0.298. The SMILES string of the molecule is Cc1ccnc(-c2noc(-c3ccc(Oc4ccccc4)cn3)n2)n1. The lowest BCUT2D eigenvalue weighted by Gasteiger charge is -2.04. The zero-order valence-electron chi connectivity index (χ0n) is 13.3. The molecule has 1 aromatic carbocycles. The van der Waals surface area contributed by atoms with Gasteiger partial charge in [0, 0.05) is 11.9 Å². The maximum absolute atomic E-state index is 5.71. The Labute approximate surface area is 143 Å². The van der Waals surface area contributed by atoms with Gasteiger partial charge in [-0.3, -0.25) is 0 Å². The van der Waals surface area contributed by atoms with Crippen molar-refractivity contribution in [2.75, 3.05) is 0 Å². The van der Waals surface area contributed by atoms with Gasteiger partial charge in [0.1, 0.15) is 17.2 Å². The fourth-order valence-electron chi connectivity index (χ4n) is 2.17. The Kier molecular flexibility index (Phi) is 3.88. The molecule has 0 bridgehead atoms. The average molecular weight is 331 g/mol. The van der Waals surface area contributed by atoms with Crippen LogP contribution >= 0.6 is 0 Å². The summed E-state index contributed by atoms with van der Waals surface area (Å²) in [5.74, 6) is 2.40. The molecule has 7 heteroatoms. The highest BCUT2D eigenvalue weighted by Crippen LogP contribution is 2.23. The maximum atomic E-state index is 5.71. The summed E-state index contributed by atoms with van der Waals surface area (Å²) in [5.41, 5.74) is 1.38. The van der Waals surface area contributed by atoms with E-state index in [4.69, 9.17) is 9.26 Å². The highest BCUT2D eigenvalue weighted by Gasteiger charge is 2.14. The van der Waals surface area contributed by atoms with Crippen molar-refractivity contribution < 1.29 is 9.26 Å². The fourth-order valence-corrected chi connectivity index (χ4v) is 2.17. The van der Waals surface area contributed by atoms with Gasteiger partial charge in [0.2, 0.25) is 11.6 Å². The van der Waals surface area contributed by atoms with Crippen LogP contribution in [0.15, 0.2) is 65.4 Å². The summed E-state index contributed by atoms with van der Waals surface area (Å²) in [6, 6.07) is 14.8. The highest BCUT2D eigenvalue weighted by molar-refractivity contribution is 5.52. The maximum Gasteiger partial charge on any atom is 0.276 e. The first kappa shape index (κ1) is 14.9. The van der Waals surface area contributed by atoms with Crippen molar-refractivity contribution in [2.24, 2.45) is 0 Å². The second-order valence-corrected chi connectivity index (χ2v) is 5.24. The summed E-state index contributed by atoms with van der Waals surface area (Å²) in [6.45, 7) is 1.87. The van der Waals surface area contributed by atoms with E-state index in [-0.39, 0.29) is 0 Å². The Balaban J connectivity index is 1.55. The van der Waals surface area contributed by atoms with Crippen molar-refractivity contribution in [2.45, 2.75) is 6.92 Å². The fraction of sp³-hybridized carbons (Fsp3) is 0.0556. The van der Waals surface area contributed by atoms with Crippen LogP contribution in [0.4, 0.5) is 0 Å². The van der Waals surface area contributed by atoms with Crippen LogP contribution < -0.4 is 4.74 Å². The van der Waals surface area contributed by atoms with Gasteiger partial charge in [-0.2, -0.15) is 4.98 Å². The molecule has 0 radical (unpaired) electrons. The minimum absolute atomic E-state index is 0.298. The van der Waals surface area contributed by atoms with Gasteiger partial charge in [-0.05, 0) is 37.3 Å². The molecular formula is C18H13N5O2. The molecule has 0 atom stereocenters. The van der Waals surface area contributed by atoms with Gasteiger partial charge >= 0.3 is 0 Å². The van der Waals surface area contributed by atoms with Crippen molar-refractivity contribution in [3.63, 3.8) is 0 Å². The van der Waals surface area contributed by atoms with Crippen LogP contribution in [-0.2, 0) is 0 Å². The molecule has 122 valence electrons. The van der Waals surface area contributed by atoms with E-state index in [1.807, 2.05) is 37.3 Å². The number of pyridine rings is 1. The zero-order chi connectivity index (χ0) is 17.1. The van der Waals surface area contributed by atoms with E-state index >= 15 is 0 Å². The summed E-state index contributed by atoms with van der Waals surface area (Å²) >= 11 is 0. The van der Waals surface area contributed by atoms with E-state index in [1.54, 1.807) is 30.6 Å². The summed E-state index contributed by atoms with van der Waals surface area (Å²) in [4.78, 5) is 17.0. The van der Waals surface area contributed by atoms with Crippen molar-refractivity contribution in [1.82, 2.24) is 25.1 Å². The molecule has 0 amide bonds. The first-order valence-corrected chi connectivity index (χ1v) is 7.61. The van der Waals surface area contributed by atoms with Crippen LogP contribution in [0, 0.1) is 6.92 Å². The number of ether oxygens (including phenoxy) is 1. The molecule has 25 heavy (non-hydrogen) atoms. The zero-order valence-corrected chi connectivity index (χ0v) is 13.3. The number of nitrogens with zero attached hydrogens (tertiary/aromatic N) is 5. The summed E-state index contributed by atoms with van der Waals surface area (Å²) in [7, 11) is 0. The van der Waals surface area contributed by atoms with Gasteiger partial charge in [-0.1, -0.05) is 23.4 Å². The van der Waals surface area contributed by atoms with Gasteiger partial charge in [0.05, 0.1) is 6.20 Å². The molecule has 4 rings (SSSR count). The van der Waals surface area contributed by atoms with E-state index in [0.29, 0.717) is 29.0 Å². The molecule has 0 saturated carbocycles. The quantitative estimate of drug-likeness (QED) is 0.563. The van der Waals surface area contributed by atoms with Crippen molar-refractivity contribution in [1.29, 1.82) is 0 Å². The number of benzene rings is 1. The minimum Gasteiger partial charge on any atom is -0.456 e. The van der Waals surface area contributed by atoms with Gasteiger partial charge in [-0.15, -0.1) is 0 Å². The normalized spacial score (nSPS) is 10.6. The first-order valence-electron chi connectivity index (χ1n) is 7.61. The second kappa shape index (κ2) is 6.48. The third kappa shape index (κ3) is 3.35. The highest BCUT2D eigenvalue weighted by atomic mass is 16.5. The van der Waals surface area contributed by atoms with E-state index in [1.165, 1.54) is 0 Å². The second-order valence-electron chi connectivity index (χ2n) is 5.24. The van der Waals surface area contributed by atoms with E-state index in [9.17, 15) is 0 Å². The molecule has 7 nitrogen and oxygen atoms in total. The van der Waals surface area contributed by atoms with Gasteiger partial charge in [0.15, 0.2) is 0 Å². The molecule has 0 fully saturated rings. The number of aryl methyl sites for hydroxylation is 1. The number of hydrogen-bond donors (Lipinski definition) is 0. The summed E-state index contributed by atoms with van der Waals surface area (Å²) in [5, 5.41) is 3.91. The van der Waals surface area contributed by atoms with E-state index in [2.05, 4.69) is 25.1 Å². The number of rotatable bonds is 4. The molecule has 4 aromatic rings. The van der Waals surface area contributed by atoms with Crippen LogP contribution in [-0.4, -0.2) is 25.1 Å². The topological polar surface area (TPSA) is 86.8 Å². The molecule has 3 heterocycles. The van der Waals surface area contributed by atoms with Crippen LogP contribution in [0.1, 0.15) is 5.69 Å². The van der Waals surface area contributed by atoms with Crippen molar-refractivity contribution in [3.05, 3.63) is 66.6 Å². The van der Waals surface area contributed by atoms with E-state index < -0.39 is 0 Å². The molecule has 0 unspecified atom stereocenters. The van der Waals surface area contributed by atoms with Crippen LogP contribution in [0.3, 0.4) is 0 Å². The van der Waals surface area contributed by atoms with Crippen LogP contribution in [0.5, 0.6) is 11.5 Å². The Morgan fingerprint density at radius 2 is 1.72 bits per heavy atom. The average Bonchev–Trinajstić information content (AvgIpc) is 3.13. The molecular weight excluding hydrogens is 318 g/mol. The molecule has 0 spiro atoms. The third-order valence-electron chi connectivity index (χ3n) is 3.36. The summed E-state index contributed by atoms with van der Waals surface area (Å²) < 4.78 is 11.0. The summed E-state index contributed by atoms with van der Waals surface area (Å²) in [6.07, 6.45) is 3.26.